The van der Waals surface area contributed by atoms with E-state index in [1.807, 2.05) is 30.3 Å². The van der Waals surface area contributed by atoms with E-state index in [2.05, 4.69) is 0 Å². The van der Waals surface area contributed by atoms with E-state index in [0.29, 0.717) is 5.76 Å². The largest absolute Gasteiger partial charge is 0.488 e. The molecule has 132 valence electrons. The van der Waals surface area contributed by atoms with Crippen molar-refractivity contribution in [2.45, 2.75) is 45.0 Å². The number of benzene rings is 1. The normalized spacial score (nSPS) is 28.6. The molecule has 0 saturated heterocycles. The molecule has 3 rings (SSSR count). The number of fused-ring (bicyclic) bond motifs is 1. The molecule has 0 aromatic heterocycles. The zero-order valence-corrected chi connectivity index (χ0v) is 14.6. The molecule has 1 aliphatic heterocycles. The van der Waals surface area contributed by atoms with Crippen LogP contribution >= 0.6 is 0 Å². The lowest BCUT2D eigenvalue weighted by atomic mass is 9.70. The van der Waals surface area contributed by atoms with Gasteiger partial charge in [0.2, 0.25) is 0 Å². The molecule has 1 aromatic carbocycles. The number of carbonyl (C=O) groups is 2. The Balaban J connectivity index is 2.03. The van der Waals surface area contributed by atoms with Gasteiger partial charge >= 0.3 is 5.97 Å². The predicted molar refractivity (Wildman–Crippen MR) is 92.3 cm³/mol. The topological polar surface area (TPSA) is 72.8 Å². The molecule has 0 bridgehead atoms. The van der Waals surface area contributed by atoms with Crippen LogP contribution in [0.2, 0.25) is 0 Å². The summed E-state index contributed by atoms with van der Waals surface area (Å²) in [5.41, 5.74) is -1.54. The molecule has 1 heterocycles. The van der Waals surface area contributed by atoms with E-state index in [9.17, 15) is 14.7 Å². The van der Waals surface area contributed by atoms with Gasteiger partial charge in [0, 0.05) is 18.1 Å². The molecule has 1 N–H and O–H groups in total. The fourth-order valence-electron chi connectivity index (χ4n) is 3.08. The number of allylic oxidation sites excluding steroid dienone is 1. The second kappa shape index (κ2) is 6.15. The van der Waals surface area contributed by atoms with Crippen molar-refractivity contribution < 1.29 is 24.2 Å². The minimum Gasteiger partial charge on any atom is -0.488 e. The first kappa shape index (κ1) is 17.4. The van der Waals surface area contributed by atoms with Gasteiger partial charge in [0.1, 0.15) is 17.5 Å². The highest BCUT2D eigenvalue weighted by Gasteiger charge is 2.57. The Bertz CT molecular complexity index is 741. The Labute approximate surface area is 146 Å². The van der Waals surface area contributed by atoms with Crippen molar-refractivity contribution in [3.8, 4) is 0 Å². The lowest BCUT2D eigenvalue weighted by molar-refractivity contribution is -0.174. The van der Waals surface area contributed by atoms with Crippen LogP contribution in [0, 0.1) is 5.41 Å². The van der Waals surface area contributed by atoms with Crippen LogP contribution in [0.1, 0.15) is 32.8 Å². The molecule has 1 aromatic rings. The van der Waals surface area contributed by atoms with Crippen molar-refractivity contribution in [3.05, 3.63) is 54.1 Å². The van der Waals surface area contributed by atoms with Gasteiger partial charge in [-0.05, 0) is 20.8 Å². The molecule has 5 heteroatoms. The van der Waals surface area contributed by atoms with Gasteiger partial charge in [-0.15, -0.1) is 0 Å². The number of hydrogen-bond acceptors (Lipinski definition) is 5. The van der Waals surface area contributed by atoms with Crippen molar-refractivity contribution in [2.75, 3.05) is 0 Å². The van der Waals surface area contributed by atoms with Crippen LogP contribution in [0.5, 0.6) is 0 Å². The molecule has 0 fully saturated rings. The molecule has 2 aliphatic rings. The molecule has 0 spiro atoms. The average molecular weight is 342 g/mol. The van der Waals surface area contributed by atoms with E-state index in [4.69, 9.17) is 9.47 Å². The third kappa shape index (κ3) is 3.24. The number of ether oxygens (including phenoxy) is 2. The fourth-order valence-corrected chi connectivity index (χ4v) is 3.08. The number of rotatable bonds is 2. The second-order valence-corrected chi connectivity index (χ2v) is 7.38. The lowest BCUT2D eigenvalue weighted by Crippen LogP contribution is -2.55. The summed E-state index contributed by atoms with van der Waals surface area (Å²) in [6.45, 7) is 5.24. The van der Waals surface area contributed by atoms with Gasteiger partial charge in [-0.1, -0.05) is 42.5 Å². The zero-order valence-electron chi connectivity index (χ0n) is 14.6. The summed E-state index contributed by atoms with van der Waals surface area (Å²) in [5.74, 6) is -0.640. The fraction of sp³-hybridized carbons (Fsp3) is 0.400. The zero-order chi connectivity index (χ0) is 18.2. The highest BCUT2D eigenvalue weighted by molar-refractivity contribution is 6.15. The van der Waals surface area contributed by atoms with E-state index in [1.54, 1.807) is 20.8 Å². The van der Waals surface area contributed by atoms with Crippen LogP contribution < -0.4 is 0 Å². The SMILES string of the molecule is CC(C)(C)OC(=O)C12C=CC(O)CC1OC(c1ccccc1)=CC2=O. The number of hydrogen-bond donors (Lipinski definition) is 1. The third-order valence-corrected chi connectivity index (χ3v) is 4.28. The van der Waals surface area contributed by atoms with Crippen molar-refractivity contribution in [1.82, 2.24) is 0 Å². The Kier molecular flexibility index (Phi) is 4.29. The van der Waals surface area contributed by atoms with E-state index in [0.717, 1.165) is 5.56 Å². The van der Waals surface area contributed by atoms with Gasteiger partial charge in [0.25, 0.3) is 0 Å². The quantitative estimate of drug-likeness (QED) is 0.508. The lowest BCUT2D eigenvalue weighted by Gasteiger charge is -2.42. The van der Waals surface area contributed by atoms with Crippen LogP contribution in [0.25, 0.3) is 5.76 Å². The number of carbonyl (C=O) groups excluding carboxylic acids is 2. The third-order valence-electron chi connectivity index (χ3n) is 4.28. The summed E-state index contributed by atoms with van der Waals surface area (Å²) in [5, 5.41) is 9.97. The highest BCUT2D eigenvalue weighted by Crippen LogP contribution is 2.43. The molecule has 0 radical (unpaired) electrons. The van der Waals surface area contributed by atoms with Crippen LogP contribution in [-0.4, -0.2) is 34.7 Å². The summed E-state index contributed by atoms with van der Waals surface area (Å²) >= 11 is 0. The second-order valence-electron chi connectivity index (χ2n) is 7.38. The van der Waals surface area contributed by atoms with Crippen molar-refractivity contribution in [3.63, 3.8) is 0 Å². The number of aliphatic hydroxyl groups excluding tert-OH is 1. The number of esters is 1. The maximum absolute atomic E-state index is 13.0. The molecule has 5 nitrogen and oxygen atoms in total. The van der Waals surface area contributed by atoms with Gasteiger partial charge in [-0.2, -0.15) is 0 Å². The predicted octanol–water partition coefficient (Wildman–Crippen LogP) is 2.64. The standard InChI is InChI=1S/C20H22O5/c1-19(2,3)25-18(23)20-10-9-14(21)11-17(20)24-15(12-16(20)22)13-7-5-4-6-8-13/h4-10,12,14,17,21H,11H2,1-3H3. The molecule has 1 aliphatic carbocycles. The van der Waals surface area contributed by atoms with Crippen LogP contribution in [0.3, 0.4) is 0 Å². The highest BCUT2D eigenvalue weighted by atomic mass is 16.6. The number of aliphatic hydroxyl groups is 1. The average Bonchev–Trinajstić information content (AvgIpc) is 2.53. The molecule has 3 unspecified atom stereocenters. The van der Waals surface area contributed by atoms with Gasteiger partial charge in [-0.25, -0.2) is 0 Å². The van der Waals surface area contributed by atoms with Crippen LogP contribution in [-0.2, 0) is 19.1 Å². The Hall–Kier alpha value is -2.40. The Morgan fingerprint density at radius 1 is 1.28 bits per heavy atom. The smallest absolute Gasteiger partial charge is 0.328 e. The molecule has 3 atom stereocenters. The summed E-state index contributed by atoms with van der Waals surface area (Å²) in [7, 11) is 0. The van der Waals surface area contributed by atoms with E-state index < -0.39 is 29.2 Å². The van der Waals surface area contributed by atoms with E-state index in [1.165, 1.54) is 18.2 Å². The van der Waals surface area contributed by atoms with E-state index in [-0.39, 0.29) is 12.2 Å². The van der Waals surface area contributed by atoms with Crippen molar-refractivity contribution >= 4 is 17.5 Å². The van der Waals surface area contributed by atoms with Gasteiger partial charge in [0.05, 0.1) is 6.10 Å². The first-order chi connectivity index (χ1) is 11.7. The first-order valence-electron chi connectivity index (χ1n) is 8.31. The molecule has 0 amide bonds. The van der Waals surface area contributed by atoms with Crippen LogP contribution in [0.15, 0.2) is 48.6 Å². The molecular formula is C20H22O5. The molecular weight excluding hydrogens is 320 g/mol. The summed E-state index contributed by atoms with van der Waals surface area (Å²) in [4.78, 5) is 25.8. The van der Waals surface area contributed by atoms with Crippen molar-refractivity contribution in [2.24, 2.45) is 5.41 Å². The summed E-state index contributed by atoms with van der Waals surface area (Å²) in [6, 6.07) is 9.21. The maximum atomic E-state index is 13.0. The minimum absolute atomic E-state index is 0.145. The Morgan fingerprint density at radius 2 is 1.96 bits per heavy atom. The monoisotopic (exact) mass is 342 g/mol. The first-order valence-corrected chi connectivity index (χ1v) is 8.31. The van der Waals surface area contributed by atoms with Crippen LogP contribution in [0.4, 0.5) is 0 Å². The minimum atomic E-state index is -1.55. The summed E-state index contributed by atoms with van der Waals surface area (Å²) in [6.07, 6.45) is 2.80. The van der Waals surface area contributed by atoms with Gasteiger partial charge in [-0.3, -0.25) is 9.59 Å². The molecule has 25 heavy (non-hydrogen) atoms. The van der Waals surface area contributed by atoms with Gasteiger partial charge < -0.3 is 14.6 Å². The molecule has 0 saturated carbocycles. The van der Waals surface area contributed by atoms with E-state index >= 15 is 0 Å². The van der Waals surface area contributed by atoms with Crippen molar-refractivity contribution in [1.29, 1.82) is 0 Å². The van der Waals surface area contributed by atoms with Gasteiger partial charge in [0.15, 0.2) is 11.2 Å². The summed E-state index contributed by atoms with van der Waals surface area (Å²) < 4.78 is 11.5. The number of ketones is 1. The maximum Gasteiger partial charge on any atom is 0.328 e. The Morgan fingerprint density at radius 3 is 2.60 bits per heavy atom.